The Bertz CT molecular complexity index is 630. The predicted octanol–water partition coefficient (Wildman–Crippen LogP) is 1.33. The summed E-state index contributed by atoms with van der Waals surface area (Å²) in [6.45, 7) is -0.0446. The van der Waals surface area contributed by atoms with Gasteiger partial charge in [-0.15, -0.1) is 0 Å². The smallest absolute Gasteiger partial charge is 0.414 e. The number of imidazole rings is 1. The number of rotatable bonds is 3. The Hall–Kier alpha value is -2.41. The fourth-order valence-electron chi connectivity index (χ4n) is 2.10. The zero-order chi connectivity index (χ0) is 14.1. The predicted molar refractivity (Wildman–Crippen MR) is 68.2 cm³/mol. The molecule has 2 heterocycles. The highest BCUT2D eigenvalue weighted by atomic mass is 19.1. The monoisotopic (exact) mass is 277 g/mol. The van der Waals surface area contributed by atoms with E-state index >= 15 is 0 Å². The molecule has 1 aromatic heterocycles. The van der Waals surface area contributed by atoms with Crippen LogP contribution in [0.15, 0.2) is 36.9 Å². The summed E-state index contributed by atoms with van der Waals surface area (Å²) < 4.78 is 20.6. The lowest BCUT2D eigenvalue weighted by molar-refractivity contribution is 0.0963. The number of amides is 1. The van der Waals surface area contributed by atoms with Crippen LogP contribution in [0, 0.1) is 5.82 Å². The van der Waals surface area contributed by atoms with Crippen LogP contribution in [-0.2, 0) is 4.74 Å². The van der Waals surface area contributed by atoms with Gasteiger partial charge in [0.1, 0.15) is 11.9 Å². The Morgan fingerprint density at radius 1 is 1.50 bits per heavy atom. The van der Waals surface area contributed by atoms with Crippen molar-refractivity contribution in [3.63, 3.8) is 0 Å². The van der Waals surface area contributed by atoms with E-state index in [2.05, 4.69) is 4.98 Å². The maximum atomic E-state index is 14.1. The lowest BCUT2D eigenvalue weighted by Gasteiger charge is -2.14. The number of aliphatic hydroxyl groups is 1. The van der Waals surface area contributed by atoms with Gasteiger partial charge in [0.05, 0.1) is 30.9 Å². The van der Waals surface area contributed by atoms with Crippen molar-refractivity contribution in [2.45, 2.75) is 6.10 Å². The summed E-state index contributed by atoms with van der Waals surface area (Å²) in [6, 6.07) is 4.45. The van der Waals surface area contributed by atoms with Crippen LogP contribution < -0.4 is 4.90 Å². The minimum atomic E-state index is -0.584. The standard InChI is InChI=1S/C13H12FN3O3/c14-11-5-9(17-6-10(7-18)20-13(17)19)1-2-12(11)16-4-3-15-8-16/h1-5,8,10,18H,6-7H2. The molecule has 0 spiro atoms. The van der Waals surface area contributed by atoms with Crippen LogP contribution in [0.2, 0.25) is 0 Å². The van der Waals surface area contributed by atoms with E-state index in [1.54, 1.807) is 24.5 Å². The minimum Gasteiger partial charge on any atom is -0.441 e. The maximum Gasteiger partial charge on any atom is 0.414 e. The SMILES string of the molecule is O=C1OC(CO)CN1c1ccc(-n2ccnc2)c(F)c1. The Balaban J connectivity index is 1.89. The third kappa shape index (κ3) is 2.12. The molecule has 2 aromatic rings. The van der Waals surface area contributed by atoms with Gasteiger partial charge in [-0.25, -0.2) is 14.2 Å². The Morgan fingerprint density at radius 2 is 2.35 bits per heavy atom. The number of carbonyl (C=O) groups is 1. The largest absolute Gasteiger partial charge is 0.441 e. The van der Waals surface area contributed by atoms with Gasteiger partial charge in [-0.3, -0.25) is 4.90 Å². The first kappa shape index (κ1) is 12.6. The lowest BCUT2D eigenvalue weighted by atomic mass is 10.2. The quantitative estimate of drug-likeness (QED) is 0.919. The van der Waals surface area contributed by atoms with Gasteiger partial charge >= 0.3 is 6.09 Å². The molecule has 1 saturated heterocycles. The summed E-state index contributed by atoms with van der Waals surface area (Å²) in [6.07, 6.45) is 3.52. The van der Waals surface area contributed by atoms with Crippen LogP contribution in [0.4, 0.5) is 14.9 Å². The summed E-state index contributed by atoms with van der Waals surface area (Å²) in [5, 5.41) is 8.98. The number of nitrogens with zero attached hydrogens (tertiary/aromatic N) is 3. The number of aromatic nitrogens is 2. The molecule has 7 heteroatoms. The van der Waals surface area contributed by atoms with Crippen molar-refractivity contribution in [3.05, 3.63) is 42.7 Å². The molecular weight excluding hydrogens is 265 g/mol. The molecule has 1 aliphatic rings. The average Bonchev–Trinajstić information content (AvgIpc) is 3.07. The van der Waals surface area contributed by atoms with E-state index in [0.717, 1.165) is 0 Å². The molecule has 1 fully saturated rings. The van der Waals surface area contributed by atoms with E-state index in [1.807, 2.05) is 0 Å². The molecule has 20 heavy (non-hydrogen) atoms. The third-order valence-electron chi connectivity index (χ3n) is 3.10. The number of benzene rings is 1. The van der Waals surface area contributed by atoms with Gasteiger partial charge in [0, 0.05) is 12.4 Å². The molecule has 6 nitrogen and oxygen atoms in total. The van der Waals surface area contributed by atoms with E-state index < -0.39 is 18.0 Å². The van der Waals surface area contributed by atoms with Crippen LogP contribution in [-0.4, -0.2) is 40.0 Å². The van der Waals surface area contributed by atoms with Crippen molar-refractivity contribution < 1.29 is 19.0 Å². The van der Waals surface area contributed by atoms with E-state index in [4.69, 9.17) is 9.84 Å². The summed E-state index contributed by atoms with van der Waals surface area (Å²) in [5.74, 6) is -0.472. The lowest BCUT2D eigenvalue weighted by Crippen LogP contribution is -2.25. The first-order chi connectivity index (χ1) is 9.69. The summed E-state index contributed by atoms with van der Waals surface area (Å²) in [5.41, 5.74) is 0.741. The van der Waals surface area contributed by atoms with Gasteiger partial charge in [-0.1, -0.05) is 0 Å². The molecule has 1 N–H and O–H groups in total. The first-order valence-corrected chi connectivity index (χ1v) is 6.06. The Labute approximate surface area is 114 Å². The van der Waals surface area contributed by atoms with Gasteiger partial charge in [0.25, 0.3) is 0 Å². The molecule has 104 valence electrons. The van der Waals surface area contributed by atoms with Crippen LogP contribution in [0.25, 0.3) is 5.69 Å². The number of hydrogen-bond donors (Lipinski definition) is 1. The van der Waals surface area contributed by atoms with E-state index in [0.29, 0.717) is 11.4 Å². The number of hydrogen-bond acceptors (Lipinski definition) is 4. The Kier molecular flexibility index (Phi) is 3.11. The molecule has 3 rings (SSSR count). The first-order valence-electron chi connectivity index (χ1n) is 6.06. The summed E-state index contributed by atoms with van der Waals surface area (Å²) >= 11 is 0. The zero-order valence-corrected chi connectivity index (χ0v) is 10.4. The van der Waals surface area contributed by atoms with E-state index in [9.17, 15) is 9.18 Å². The second-order valence-corrected chi connectivity index (χ2v) is 4.40. The number of halogens is 1. The highest BCUT2D eigenvalue weighted by Gasteiger charge is 2.32. The van der Waals surface area contributed by atoms with Crippen molar-refractivity contribution in [1.29, 1.82) is 0 Å². The molecule has 0 aliphatic carbocycles. The molecule has 0 radical (unpaired) electrons. The second-order valence-electron chi connectivity index (χ2n) is 4.40. The van der Waals surface area contributed by atoms with Crippen molar-refractivity contribution in [1.82, 2.24) is 9.55 Å². The summed E-state index contributed by atoms with van der Waals surface area (Å²) in [7, 11) is 0. The minimum absolute atomic E-state index is 0.208. The van der Waals surface area contributed by atoms with Gasteiger partial charge in [0.2, 0.25) is 0 Å². The van der Waals surface area contributed by atoms with Crippen molar-refractivity contribution in [2.75, 3.05) is 18.1 Å². The molecule has 1 amide bonds. The van der Waals surface area contributed by atoms with Crippen LogP contribution in [0.3, 0.4) is 0 Å². The number of cyclic esters (lactones) is 1. The van der Waals surface area contributed by atoms with Crippen LogP contribution in [0.5, 0.6) is 0 Å². The van der Waals surface area contributed by atoms with Gasteiger partial charge in [0.15, 0.2) is 0 Å². The van der Waals surface area contributed by atoms with Crippen molar-refractivity contribution in [2.24, 2.45) is 0 Å². The van der Waals surface area contributed by atoms with Crippen LogP contribution in [0.1, 0.15) is 0 Å². The van der Waals surface area contributed by atoms with Crippen LogP contribution >= 0.6 is 0 Å². The second kappa shape index (κ2) is 4.93. The molecule has 0 saturated carbocycles. The highest BCUT2D eigenvalue weighted by Crippen LogP contribution is 2.25. The normalized spacial score (nSPS) is 18.4. The molecule has 1 unspecified atom stereocenters. The number of anilines is 1. The fourth-order valence-corrected chi connectivity index (χ4v) is 2.10. The zero-order valence-electron chi connectivity index (χ0n) is 10.4. The molecule has 0 bridgehead atoms. The highest BCUT2D eigenvalue weighted by molar-refractivity contribution is 5.89. The topological polar surface area (TPSA) is 67.6 Å². The fraction of sp³-hybridized carbons (Fsp3) is 0.231. The average molecular weight is 277 g/mol. The van der Waals surface area contributed by atoms with E-state index in [-0.39, 0.29) is 13.2 Å². The number of carbonyl (C=O) groups excluding carboxylic acids is 1. The number of aliphatic hydroxyl groups excluding tert-OH is 1. The molecule has 1 aromatic carbocycles. The summed E-state index contributed by atoms with van der Waals surface area (Å²) in [4.78, 5) is 16.8. The van der Waals surface area contributed by atoms with Crippen molar-refractivity contribution in [3.8, 4) is 5.69 Å². The molecular formula is C13H12FN3O3. The van der Waals surface area contributed by atoms with E-state index in [1.165, 1.54) is 21.9 Å². The maximum absolute atomic E-state index is 14.1. The molecule has 1 aliphatic heterocycles. The Morgan fingerprint density at radius 3 is 2.95 bits per heavy atom. The van der Waals surface area contributed by atoms with Gasteiger partial charge < -0.3 is 14.4 Å². The number of ether oxygens (including phenoxy) is 1. The van der Waals surface area contributed by atoms with Gasteiger partial charge in [-0.05, 0) is 18.2 Å². The third-order valence-corrected chi connectivity index (χ3v) is 3.10. The molecule has 1 atom stereocenters. The van der Waals surface area contributed by atoms with Gasteiger partial charge in [-0.2, -0.15) is 0 Å². The van der Waals surface area contributed by atoms with Crippen molar-refractivity contribution >= 4 is 11.8 Å².